The summed E-state index contributed by atoms with van der Waals surface area (Å²) in [5.74, 6) is 0. The van der Waals surface area contributed by atoms with Crippen molar-refractivity contribution in [2.24, 2.45) is 5.73 Å². The van der Waals surface area contributed by atoms with Crippen molar-refractivity contribution in [1.82, 2.24) is 0 Å². The summed E-state index contributed by atoms with van der Waals surface area (Å²) < 4.78 is 4.25. The van der Waals surface area contributed by atoms with Gasteiger partial charge in [-0.3, -0.25) is 0 Å². The van der Waals surface area contributed by atoms with E-state index < -0.39 is 0 Å². The average molecular weight is 149 g/mol. The molecule has 2 N–H and O–H groups in total. The zero-order chi connectivity index (χ0) is 8.83. The normalized spacial score (nSPS) is 6.40. The van der Waals surface area contributed by atoms with E-state index in [1.807, 2.05) is 6.79 Å². The van der Waals surface area contributed by atoms with Gasteiger partial charge < -0.3 is 15.3 Å². The number of methoxy groups -OCH3 is 1. The summed E-state index contributed by atoms with van der Waals surface area (Å²) in [4.78, 5) is 8.00. The zero-order valence-electron chi connectivity index (χ0n) is 7.22. The SMILES string of the molecule is C=O.CCCCN.COC. The third-order valence-electron chi connectivity index (χ3n) is 0.558. The average Bonchev–Trinajstić information content (AvgIpc) is 1.96. The fourth-order valence-corrected chi connectivity index (χ4v) is 0.204. The van der Waals surface area contributed by atoms with Crippen LogP contribution in [0.25, 0.3) is 0 Å². The first kappa shape index (κ1) is 16.3. The van der Waals surface area contributed by atoms with E-state index in [0.717, 1.165) is 6.54 Å². The Morgan fingerprint density at radius 2 is 1.70 bits per heavy atom. The second-order valence-electron chi connectivity index (χ2n) is 1.55. The summed E-state index contributed by atoms with van der Waals surface area (Å²) >= 11 is 0. The van der Waals surface area contributed by atoms with Crippen LogP contribution in [0, 0.1) is 0 Å². The van der Waals surface area contributed by atoms with E-state index in [1.54, 1.807) is 14.2 Å². The molecule has 0 aliphatic heterocycles. The number of carbonyl (C=O) groups excluding carboxylic acids is 1. The van der Waals surface area contributed by atoms with Crippen molar-refractivity contribution in [3.8, 4) is 0 Å². The van der Waals surface area contributed by atoms with Crippen molar-refractivity contribution in [2.75, 3.05) is 20.8 Å². The minimum atomic E-state index is 0.844. The molecular formula is C7H19NO2. The fraction of sp³-hybridized carbons (Fsp3) is 0.857. The highest BCUT2D eigenvalue weighted by Crippen LogP contribution is 1.77. The molecule has 0 saturated carbocycles. The van der Waals surface area contributed by atoms with Crippen LogP contribution in [0.4, 0.5) is 0 Å². The first-order valence-electron chi connectivity index (χ1n) is 3.22. The molecule has 0 aliphatic carbocycles. The molecule has 0 radical (unpaired) electrons. The van der Waals surface area contributed by atoms with Gasteiger partial charge in [0, 0.05) is 14.2 Å². The lowest BCUT2D eigenvalue weighted by atomic mass is 10.3. The molecule has 0 spiro atoms. The van der Waals surface area contributed by atoms with Gasteiger partial charge in [0.1, 0.15) is 6.79 Å². The minimum absolute atomic E-state index is 0.844. The van der Waals surface area contributed by atoms with Crippen LogP contribution in [0.5, 0.6) is 0 Å². The highest BCUT2D eigenvalue weighted by molar-refractivity contribution is 5.10. The van der Waals surface area contributed by atoms with E-state index in [0.29, 0.717) is 0 Å². The number of nitrogens with two attached hydrogens (primary N) is 1. The second kappa shape index (κ2) is 38.4. The quantitative estimate of drug-likeness (QED) is 0.632. The van der Waals surface area contributed by atoms with Crippen LogP contribution in [0.15, 0.2) is 0 Å². The van der Waals surface area contributed by atoms with Gasteiger partial charge in [-0.05, 0) is 13.0 Å². The topological polar surface area (TPSA) is 52.3 Å². The predicted octanol–water partition coefficient (Wildman–Crippen LogP) is 0.823. The minimum Gasteiger partial charge on any atom is -0.388 e. The molecule has 0 aromatic carbocycles. The van der Waals surface area contributed by atoms with Crippen LogP contribution in [-0.2, 0) is 9.53 Å². The van der Waals surface area contributed by atoms with Crippen molar-refractivity contribution >= 4 is 6.79 Å². The van der Waals surface area contributed by atoms with E-state index >= 15 is 0 Å². The van der Waals surface area contributed by atoms with Crippen molar-refractivity contribution in [1.29, 1.82) is 0 Å². The maximum Gasteiger partial charge on any atom is 0.106 e. The molecule has 0 heterocycles. The molecule has 0 amide bonds. The maximum absolute atomic E-state index is 8.00. The molecule has 0 unspecified atom stereocenters. The molecule has 10 heavy (non-hydrogen) atoms. The van der Waals surface area contributed by atoms with E-state index in [4.69, 9.17) is 10.5 Å². The number of unbranched alkanes of at least 4 members (excludes halogenated alkanes) is 1. The highest BCUT2D eigenvalue weighted by atomic mass is 16.4. The van der Waals surface area contributed by atoms with Gasteiger partial charge in [-0.2, -0.15) is 0 Å². The maximum atomic E-state index is 8.00. The monoisotopic (exact) mass is 149 g/mol. The number of hydrogen-bond donors (Lipinski definition) is 1. The van der Waals surface area contributed by atoms with E-state index in [1.165, 1.54) is 12.8 Å². The molecule has 3 heteroatoms. The first-order valence-corrected chi connectivity index (χ1v) is 3.22. The molecule has 0 aromatic heterocycles. The van der Waals surface area contributed by atoms with Crippen LogP contribution in [0.1, 0.15) is 19.8 Å². The van der Waals surface area contributed by atoms with Gasteiger partial charge in [-0.15, -0.1) is 0 Å². The third-order valence-corrected chi connectivity index (χ3v) is 0.558. The van der Waals surface area contributed by atoms with Crippen LogP contribution >= 0.6 is 0 Å². The summed E-state index contributed by atoms with van der Waals surface area (Å²) in [5, 5.41) is 0. The van der Waals surface area contributed by atoms with Crippen molar-refractivity contribution in [2.45, 2.75) is 19.8 Å². The Kier molecular flexibility index (Phi) is 62.6. The summed E-state index contributed by atoms with van der Waals surface area (Å²) in [7, 11) is 3.25. The summed E-state index contributed by atoms with van der Waals surface area (Å²) in [6, 6.07) is 0. The molecule has 0 saturated heterocycles. The third kappa shape index (κ3) is 130. The Labute approximate surface area is 63.6 Å². The van der Waals surface area contributed by atoms with E-state index in [-0.39, 0.29) is 0 Å². The molecule has 0 aromatic rings. The van der Waals surface area contributed by atoms with Gasteiger partial charge in [0.05, 0.1) is 0 Å². The lowest BCUT2D eigenvalue weighted by Crippen LogP contribution is -1.95. The summed E-state index contributed by atoms with van der Waals surface area (Å²) in [5.41, 5.74) is 5.14. The second-order valence-corrected chi connectivity index (χ2v) is 1.55. The van der Waals surface area contributed by atoms with Crippen LogP contribution in [-0.4, -0.2) is 27.6 Å². The zero-order valence-corrected chi connectivity index (χ0v) is 7.22. The first-order chi connectivity index (χ1) is 4.83. The van der Waals surface area contributed by atoms with Gasteiger partial charge in [0.25, 0.3) is 0 Å². The number of rotatable bonds is 2. The van der Waals surface area contributed by atoms with Crippen LogP contribution < -0.4 is 5.73 Å². The summed E-state index contributed by atoms with van der Waals surface area (Å²) in [6.07, 6.45) is 2.39. The van der Waals surface area contributed by atoms with Gasteiger partial charge >= 0.3 is 0 Å². The summed E-state index contributed by atoms with van der Waals surface area (Å²) in [6.45, 7) is 4.98. The Bertz CT molecular complexity index is 32.8. The lowest BCUT2D eigenvalue weighted by Gasteiger charge is -1.80. The van der Waals surface area contributed by atoms with Crippen LogP contribution in [0.3, 0.4) is 0 Å². The van der Waals surface area contributed by atoms with Gasteiger partial charge in [0.2, 0.25) is 0 Å². The van der Waals surface area contributed by atoms with Crippen molar-refractivity contribution in [3.05, 3.63) is 0 Å². The van der Waals surface area contributed by atoms with E-state index in [2.05, 4.69) is 11.7 Å². The molecular weight excluding hydrogens is 130 g/mol. The fourth-order valence-electron chi connectivity index (χ4n) is 0.204. The molecule has 64 valence electrons. The Hall–Kier alpha value is -0.410. The Morgan fingerprint density at radius 1 is 1.40 bits per heavy atom. The number of ether oxygens (including phenoxy) is 1. The number of hydrogen-bond acceptors (Lipinski definition) is 3. The highest BCUT2D eigenvalue weighted by Gasteiger charge is 1.67. The lowest BCUT2D eigenvalue weighted by molar-refractivity contribution is -0.0979. The predicted molar refractivity (Wildman–Crippen MR) is 44.0 cm³/mol. The molecule has 0 aliphatic rings. The molecule has 0 rings (SSSR count). The van der Waals surface area contributed by atoms with Gasteiger partial charge in [0.15, 0.2) is 0 Å². The van der Waals surface area contributed by atoms with Crippen LogP contribution in [0.2, 0.25) is 0 Å². The molecule has 0 fully saturated rings. The molecule has 3 nitrogen and oxygen atoms in total. The van der Waals surface area contributed by atoms with E-state index in [9.17, 15) is 0 Å². The molecule has 0 atom stereocenters. The Balaban J connectivity index is -0.0000000847. The van der Waals surface area contributed by atoms with Crippen molar-refractivity contribution in [3.63, 3.8) is 0 Å². The van der Waals surface area contributed by atoms with Gasteiger partial charge in [-0.1, -0.05) is 13.3 Å². The Morgan fingerprint density at radius 3 is 1.70 bits per heavy atom. The standard InChI is InChI=1S/C4H11N.C2H6O.CH2O/c1-2-3-4-5;1-3-2;1-2/h2-5H2,1H3;1-2H3;1H2. The largest absolute Gasteiger partial charge is 0.388 e. The van der Waals surface area contributed by atoms with Gasteiger partial charge in [-0.25, -0.2) is 0 Å². The molecule has 0 bridgehead atoms. The van der Waals surface area contributed by atoms with Crippen molar-refractivity contribution < 1.29 is 9.53 Å². The number of carbonyl (C=O) groups is 1. The smallest absolute Gasteiger partial charge is 0.106 e.